The average Bonchev–Trinajstić information content (AvgIpc) is 2.46. The Hall–Kier alpha value is -1.35. The van der Waals surface area contributed by atoms with E-state index in [0.717, 1.165) is 32.1 Å². The van der Waals surface area contributed by atoms with E-state index in [9.17, 15) is 4.79 Å². The number of aliphatic carboxylic acids is 1. The molecule has 0 aromatic heterocycles. The molecule has 0 bridgehead atoms. The molecule has 3 atom stereocenters. The molecule has 1 aromatic rings. The molecule has 0 radical (unpaired) electrons. The first-order chi connectivity index (χ1) is 9.60. The normalized spacial score (nSPS) is 24.3. The Bertz CT molecular complexity index is 441. The van der Waals surface area contributed by atoms with Gasteiger partial charge in [-0.05, 0) is 38.2 Å². The van der Waals surface area contributed by atoms with E-state index in [1.54, 1.807) is 0 Å². The Morgan fingerprint density at radius 1 is 1.35 bits per heavy atom. The van der Waals surface area contributed by atoms with Crippen molar-refractivity contribution in [3.05, 3.63) is 35.4 Å². The number of rotatable bonds is 5. The maximum atomic E-state index is 11.1. The molecule has 2 N–H and O–H groups in total. The van der Waals surface area contributed by atoms with E-state index in [4.69, 9.17) is 5.11 Å². The fraction of sp³-hybridized carbons (Fsp3) is 0.588. The summed E-state index contributed by atoms with van der Waals surface area (Å²) in [6, 6.07) is 9.28. The number of carboxylic acids is 1. The van der Waals surface area contributed by atoms with E-state index in [1.165, 1.54) is 11.1 Å². The lowest BCUT2D eigenvalue weighted by atomic mass is 9.85. The van der Waals surface area contributed by atoms with Crippen LogP contribution in [-0.2, 0) is 4.79 Å². The van der Waals surface area contributed by atoms with Gasteiger partial charge in [0.1, 0.15) is 0 Å². The Labute approximate surface area is 121 Å². The van der Waals surface area contributed by atoms with Crippen LogP contribution in [0, 0.1) is 12.8 Å². The second-order valence-electron chi connectivity index (χ2n) is 5.94. The summed E-state index contributed by atoms with van der Waals surface area (Å²) in [6.07, 6.45) is 4.72. The second-order valence-corrected chi connectivity index (χ2v) is 5.94. The average molecular weight is 275 g/mol. The van der Waals surface area contributed by atoms with Gasteiger partial charge in [0.2, 0.25) is 0 Å². The van der Waals surface area contributed by atoms with Gasteiger partial charge in [0.05, 0.1) is 5.92 Å². The molecule has 1 fully saturated rings. The topological polar surface area (TPSA) is 49.3 Å². The van der Waals surface area contributed by atoms with Crippen molar-refractivity contribution in [2.45, 2.75) is 58.0 Å². The number of hydrogen-bond acceptors (Lipinski definition) is 2. The minimum atomic E-state index is -0.639. The van der Waals surface area contributed by atoms with Crippen molar-refractivity contribution in [2.75, 3.05) is 0 Å². The molecule has 1 saturated carbocycles. The Balaban J connectivity index is 1.99. The lowest BCUT2D eigenvalue weighted by molar-refractivity contribution is -0.143. The molecule has 20 heavy (non-hydrogen) atoms. The number of hydrogen-bond donors (Lipinski definition) is 2. The molecule has 3 nitrogen and oxygen atoms in total. The highest BCUT2D eigenvalue weighted by Gasteiger charge is 2.28. The van der Waals surface area contributed by atoms with Crippen LogP contribution in [-0.4, -0.2) is 17.1 Å². The summed E-state index contributed by atoms with van der Waals surface area (Å²) in [5.41, 5.74) is 2.57. The van der Waals surface area contributed by atoms with Crippen molar-refractivity contribution in [3.8, 4) is 0 Å². The summed E-state index contributed by atoms with van der Waals surface area (Å²) in [5.74, 6) is -0.809. The highest BCUT2D eigenvalue weighted by atomic mass is 16.4. The largest absolute Gasteiger partial charge is 0.481 e. The van der Waals surface area contributed by atoms with E-state index in [0.29, 0.717) is 12.1 Å². The third-order valence-electron chi connectivity index (χ3n) is 4.35. The highest BCUT2D eigenvalue weighted by molar-refractivity contribution is 5.70. The molecule has 0 saturated heterocycles. The van der Waals surface area contributed by atoms with Gasteiger partial charge < -0.3 is 10.4 Å². The minimum Gasteiger partial charge on any atom is -0.481 e. The molecule has 110 valence electrons. The summed E-state index contributed by atoms with van der Waals surface area (Å²) >= 11 is 0. The van der Waals surface area contributed by atoms with Crippen molar-refractivity contribution in [3.63, 3.8) is 0 Å². The van der Waals surface area contributed by atoms with E-state index in [2.05, 4.69) is 43.4 Å². The zero-order chi connectivity index (χ0) is 14.5. The van der Waals surface area contributed by atoms with E-state index in [1.807, 2.05) is 0 Å². The predicted molar refractivity (Wildman–Crippen MR) is 80.7 cm³/mol. The van der Waals surface area contributed by atoms with Gasteiger partial charge in [0.15, 0.2) is 0 Å². The summed E-state index contributed by atoms with van der Waals surface area (Å²) in [4.78, 5) is 11.1. The smallest absolute Gasteiger partial charge is 0.306 e. The first kappa shape index (κ1) is 15.0. The fourth-order valence-electron chi connectivity index (χ4n) is 3.10. The molecule has 3 unspecified atom stereocenters. The van der Waals surface area contributed by atoms with Crippen LogP contribution in [0.15, 0.2) is 24.3 Å². The van der Waals surface area contributed by atoms with E-state index < -0.39 is 5.97 Å². The van der Waals surface area contributed by atoms with Crippen LogP contribution >= 0.6 is 0 Å². The quantitative estimate of drug-likeness (QED) is 0.862. The van der Waals surface area contributed by atoms with Crippen molar-refractivity contribution in [1.29, 1.82) is 0 Å². The van der Waals surface area contributed by atoms with Crippen LogP contribution in [0.2, 0.25) is 0 Å². The van der Waals surface area contributed by atoms with Gasteiger partial charge >= 0.3 is 5.97 Å². The first-order valence-electron chi connectivity index (χ1n) is 7.65. The van der Waals surface area contributed by atoms with E-state index >= 15 is 0 Å². The molecule has 0 aliphatic heterocycles. The molecule has 1 aromatic carbocycles. The number of carboxylic acid groups (broad SMARTS) is 1. The van der Waals surface area contributed by atoms with Crippen LogP contribution in [0.5, 0.6) is 0 Å². The molecule has 0 amide bonds. The molecule has 3 heteroatoms. The van der Waals surface area contributed by atoms with Gasteiger partial charge in [-0.3, -0.25) is 4.79 Å². The maximum absolute atomic E-state index is 11.1. The van der Waals surface area contributed by atoms with Crippen molar-refractivity contribution < 1.29 is 9.90 Å². The van der Waals surface area contributed by atoms with Crippen LogP contribution in [0.4, 0.5) is 0 Å². The zero-order valence-corrected chi connectivity index (χ0v) is 12.4. The second kappa shape index (κ2) is 6.89. The highest BCUT2D eigenvalue weighted by Crippen LogP contribution is 2.27. The maximum Gasteiger partial charge on any atom is 0.306 e. The van der Waals surface area contributed by atoms with Crippen LogP contribution in [0.3, 0.4) is 0 Å². The lowest BCUT2D eigenvalue weighted by Gasteiger charge is -2.31. The Morgan fingerprint density at radius 2 is 2.05 bits per heavy atom. The first-order valence-corrected chi connectivity index (χ1v) is 7.65. The van der Waals surface area contributed by atoms with Crippen molar-refractivity contribution >= 4 is 5.97 Å². The monoisotopic (exact) mass is 275 g/mol. The summed E-state index contributed by atoms with van der Waals surface area (Å²) in [6.45, 7) is 4.27. The van der Waals surface area contributed by atoms with Gasteiger partial charge in [0.25, 0.3) is 0 Å². The minimum absolute atomic E-state index is 0.170. The Morgan fingerprint density at radius 3 is 2.65 bits per heavy atom. The van der Waals surface area contributed by atoms with Crippen LogP contribution in [0.1, 0.15) is 56.2 Å². The molecule has 0 spiro atoms. The van der Waals surface area contributed by atoms with Crippen LogP contribution in [0.25, 0.3) is 0 Å². The summed E-state index contributed by atoms with van der Waals surface area (Å²) in [7, 11) is 0. The fourth-order valence-corrected chi connectivity index (χ4v) is 3.10. The predicted octanol–water partition coefficient (Wildman–Crippen LogP) is 3.68. The van der Waals surface area contributed by atoms with Gasteiger partial charge in [-0.15, -0.1) is 0 Å². The van der Waals surface area contributed by atoms with Gasteiger partial charge in [-0.1, -0.05) is 43.2 Å². The number of nitrogens with one attached hydrogen (secondary N) is 1. The summed E-state index contributed by atoms with van der Waals surface area (Å²) < 4.78 is 0. The Kier molecular flexibility index (Phi) is 5.18. The number of benzene rings is 1. The van der Waals surface area contributed by atoms with Crippen molar-refractivity contribution in [2.24, 2.45) is 5.92 Å². The SMILES string of the molecule is CCC(NC1CCCC(C(=O)O)C1)c1ccc(C)cc1. The van der Waals surface area contributed by atoms with Crippen molar-refractivity contribution in [1.82, 2.24) is 5.32 Å². The van der Waals surface area contributed by atoms with Crippen LogP contribution < -0.4 is 5.32 Å². The molecular formula is C17H25NO2. The van der Waals surface area contributed by atoms with E-state index in [-0.39, 0.29) is 5.92 Å². The third-order valence-corrected chi connectivity index (χ3v) is 4.35. The van der Waals surface area contributed by atoms with Gasteiger partial charge in [0, 0.05) is 12.1 Å². The van der Waals surface area contributed by atoms with Gasteiger partial charge in [-0.2, -0.15) is 0 Å². The molecule has 2 rings (SSSR count). The third kappa shape index (κ3) is 3.83. The summed E-state index contributed by atoms with van der Waals surface area (Å²) in [5, 5.41) is 12.8. The molecule has 1 aliphatic rings. The lowest BCUT2D eigenvalue weighted by Crippen LogP contribution is -2.38. The number of carbonyl (C=O) groups is 1. The zero-order valence-electron chi connectivity index (χ0n) is 12.4. The number of aryl methyl sites for hydroxylation is 1. The molecule has 1 aliphatic carbocycles. The molecular weight excluding hydrogens is 250 g/mol. The van der Waals surface area contributed by atoms with Gasteiger partial charge in [-0.25, -0.2) is 0 Å². The molecule has 0 heterocycles. The standard InChI is InChI=1S/C17H25NO2/c1-3-16(13-9-7-12(2)8-10-13)18-15-6-4-5-14(11-15)17(19)20/h7-10,14-16,18H,3-6,11H2,1-2H3,(H,19,20).